The Hall–Kier alpha value is -0.120. The fourth-order valence-corrected chi connectivity index (χ4v) is 1.80. The molecule has 0 aliphatic carbocycles. The third-order valence-electron chi connectivity index (χ3n) is 2.95. The second kappa shape index (κ2) is 10.1. The van der Waals surface area contributed by atoms with E-state index in [0.29, 0.717) is 0 Å². The van der Waals surface area contributed by atoms with Crippen LogP contribution in [0.15, 0.2) is 0 Å². The lowest BCUT2D eigenvalue weighted by atomic mass is 9.97. The van der Waals surface area contributed by atoms with Gasteiger partial charge in [0.05, 0.1) is 0 Å². The smallest absolute Gasteiger partial charge is 0.00222 e. The average Bonchev–Trinajstić information content (AvgIpc) is 2.21. The van der Waals surface area contributed by atoms with E-state index in [1.807, 2.05) is 0 Å². The summed E-state index contributed by atoms with van der Waals surface area (Å²) in [5.74, 6) is 0.865. The molecule has 0 aromatic heterocycles. The minimum Gasteiger partial charge on any atom is -0.317 e. The Bertz CT molecular complexity index is 134. The lowest BCUT2D eigenvalue weighted by Gasteiger charge is -2.21. The van der Waals surface area contributed by atoms with Gasteiger partial charge in [0.1, 0.15) is 0 Å². The zero-order chi connectivity index (χ0) is 12.4. The first-order chi connectivity index (χ1) is 7.56. The van der Waals surface area contributed by atoms with Gasteiger partial charge in [0.15, 0.2) is 0 Å². The Balaban J connectivity index is 3.76. The van der Waals surface area contributed by atoms with Gasteiger partial charge in [-0.25, -0.2) is 0 Å². The number of hydrogen-bond acceptors (Lipinski definition) is 3. The van der Waals surface area contributed by atoms with Crippen LogP contribution >= 0.6 is 0 Å². The van der Waals surface area contributed by atoms with Crippen LogP contribution in [0, 0.1) is 5.92 Å². The zero-order valence-electron chi connectivity index (χ0n) is 11.9. The maximum Gasteiger partial charge on any atom is -0.00222 e. The van der Waals surface area contributed by atoms with Crippen molar-refractivity contribution in [1.82, 2.24) is 15.1 Å². The Morgan fingerprint density at radius 1 is 0.875 bits per heavy atom. The molecule has 0 saturated carbocycles. The molecule has 0 unspecified atom stereocenters. The molecule has 0 bridgehead atoms. The summed E-state index contributed by atoms with van der Waals surface area (Å²) in [4.78, 5) is 4.58. The molecule has 0 aromatic carbocycles. The van der Waals surface area contributed by atoms with Crippen LogP contribution in [0.2, 0.25) is 0 Å². The molecule has 0 heterocycles. The summed E-state index contributed by atoms with van der Waals surface area (Å²) in [6.07, 6.45) is 3.97. The van der Waals surface area contributed by atoms with Gasteiger partial charge in [-0.2, -0.15) is 0 Å². The summed E-state index contributed by atoms with van der Waals surface area (Å²) < 4.78 is 0. The predicted octanol–water partition coefficient (Wildman–Crippen LogP) is 1.51. The zero-order valence-corrected chi connectivity index (χ0v) is 11.9. The van der Waals surface area contributed by atoms with Crippen molar-refractivity contribution in [2.24, 2.45) is 5.92 Å². The molecule has 0 aromatic rings. The molecular weight excluding hydrogens is 198 g/mol. The van der Waals surface area contributed by atoms with Crippen molar-refractivity contribution in [3.63, 3.8) is 0 Å². The van der Waals surface area contributed by atoms with Gasteiger partial charge in [-0.3, -0.25) is 0 Å². The van der Waals surface area contributed by atoms with E-state index in [1.165, 1.54) is 38.9 Å². The molecule has 0 rings (SSSR count). The van der Waals surface area contributed by atoms with Crippen molar-refractivity contribution in [2.45, 2.75) is 26.2 Å². The second-order valence-electron chi connectivity index (χ2n) is 5.19. The molecule has 0 amide bonds. The van der Waals surface area contributed by atoms with Crippen LogP contribution in [0.3, 0.4) is 0 Å². The van der Waals surface area contributed by atoms with Gasteiger partial charge in [0.2, 0.25) is 0 Å². The highest BCUT2D eigenvalue weighted by atomic mass is 15.1. The molecule has 0 radical (unpaired) electrons. The van der Waals surface area contributed by atoms with Crippen molar-refractivity contribution in [2.75, 3.05) is 54.4 Å². The number of hydrogen-bond donors (Lipinski definition) is 1. The standard InChI is InChI=1S/C13H31N3/c1-6-14-10-7-13(8-11-15(2)3)9-12-16(4)5/h13-14H,6-12H2,1-5H3. The van der Waals surface area contributed by atoms with E-state index in [4.69, 9.17) is 0 Å². The van der Waals surface area contributed by atoms with E-state index in [-0.39, 0.29) is 0 Å². The third kappa shape index (κ3) is 10.4. The van der Waals surface area contributed by atoms with E-state index in [2.05, 4.69) is 50.2 Å². The van der Waals surface area contributed by atoms with E-state index >= 15 is 0 Å². The van der Waals surface area contributed by atoms with Crippen molar-refractivity contribution in [1.29, 1.82) is 0 Å². The molecule has 0 aliphatic rings. The molecule has 98 valence electrons. The van der Waals surface area contributed by atoms with Crippen LogP contribution in [0.5, 0.6) is 0 Å². The maximum absolute atomic E-state index is 3.43. The number of nitrogens with zero attached hydrogens (tertiary/aromatic N) is 2. The summed E-state index contributed by atoms with van der Waals surface area (Å²) in [5, 5.41) is 3.43. The molecular formula is C13H31N3. The fourth-order valence-electron chi connectivity index (χ4n) is 1.80. The van der Waals surface area contributed by atoms with Crippen molar-refractivity contribution in [3.05, 3.63) is 0 Å². The van der Waals surface area contributed by atoms with E-state index in [9.17, 15) is 0 Å². The van der Waals surface area contributed by atoms with E-state index in [1.54, 1.807) is 0 Å². The Kier molecular flexibility index (Phi) is 9.99. The first-order valence-corrected chi connectivity index (χ1v) is 6.56. The fraction of sp³-hybridized carbons (Fsp3) is 1.00. The third-order valence-corrected chi connectivity index (χ3v) is 2.95. The molecule has 0 saturated heterocycles. The average molecular weight is 229 g/mol. The summed E-state index contributed by atoms with van der Waals surface area (Å²) in [6, 6.07) is 0. The maximum atomic E-state index is 3.43. The van der Waals surface area contributed by atoms with Crippen LogP contribution in [0.25, 0.3) is 0 Å². The summed E-state index contributed by atoms with van der Waals surface area (Å²) in [7, 11) is 8.64. The van der Waals surface area contributed by atoms with E-state index < -0.39 is 0 Å². The topological polar surface area (TPSA) is 18.5 Å². The van der Waals surface area contributed by atoms with E-state index in [0.717, 1.165) is 12.5 Å². The van der Waals surface area contributed by atoms with Crippen LogP contribution in [0.1, 0.15) is 26.2 Å². The Morgan fingerprint density at radius 3 is 1.75 bits per heavy atom. The molecule has 0 fully saturated rings. The van der Waals surface area contributed by atoms with Crippen molar-refractivity contribution in [3.8, 4) is 0 Å². The van der Waals surface area contributed by atoms with Crippen LogP contribution in [-0.2, 0) is 0 Å². The highest BCUT2D eigenvalue weighted by molar-refractivity contribution is 4.64. The van der Waals surface area contributed by atoms with Gasteiger partial charge in [-0.05, 0) is 79.6 Å². The minimum atomic E-state index is 0.865. The quantitative estimate of drug-likeness (QED) is 0.573. The van der Waals surface area contributed by atoms with Gasteiger partial charge in [-0.15, -0.1) is 0 Å². The van der Waals surface area contributed by atoms with Gasteiger partial charge >= 0.3 is 0 Å². The van der Waals surface area contributed by atoms with Crippen LogP contribution < -0.4 is 5.32 Å². The second-order valence-corrected chi connectivity index (χ2v) is 5.19. The molecule has 3 nitrogen and oxygen atoms in total. The minimum absolute atomic E-state index is 0.865. The lowest BCUT2D eigenvalue weighted by Crippen LogP contribution is -2.24. The van der Waals surface area contributed by atoms with Crippen LogP contribution in [0.4, 0.5) is 0 Å². The summed E-state index contributed by atoms with van der Waals surface area (Å²) >= 11 is 0. The Morgan fingerprint density at radius 2 is 1.38 bits per heavy atom. The molecule has 1 N–H and O–H groups in total. The summed E-state index contributed by atoms with van der Waals surface area (Å²) in [6.45, 7) is 6.86. The molecule has 0 atom stereocenters. The van der Waals surface area contributed by atoms with Crippen molar-refractivity contribution >= 4 is 0 Å². The molecule has 0 spiro atoms. The normalized spacial score (nSPS) is 12.0. The molecule has 0 aliphatic heterocycles. The predicted molar refractivity (Wildman–Crippen MR) is 73.0 cm³/mol. The first-order valence-electron chi connectivity index (χ1n) is 6.56. The highest BCUT2D eigenvalue weighted by Crippen LogP contribution is 2.13. The monoisotopic (exact) mass is 229 g/mol. The van der Waals surface area contributed by atoms with Gasteiger partial charge in [0, 0.05) is 0 Å². The highest BCUT2D eigenvalue weighted by Gasteiger charge is 2.09. The number of rotatable bonds is 10. The van der Waals surface area contributed by atoms with Crippen LogP contribution in [-0.4, -0.2) is 64.2 Å². The lowest BCUT2D eigenvalue weighted by molar-refractivity contribution is 0.292. The molecule has 3 heteroatoms. The van der Waals surface area contributed by atoms with Gasteiger partial charge in [-0.1, -0.05) is 6.92 Å². The van der Waals surface area contributed by atoms with Crippen molar-refractivity contribution < 1.29 is 0 Å². The van der Waals surface area contributed by atoms with Gasteiger partial charge < -0.3 is 15.1 Å². The number of nitrogens with one attached hydrogen (secondary N) is 1. The SMILES string of the molecule is CCNCCC(CCN(C)C)CCN(C)C. The molecule has 16 heavy (non-hydrogen) atoms. The summed E-state index contributed by atoms with van der Waals surface area (Å²) in [5.41, 5.74) is 0. The Labute approximate surface area is 102 Å². The van der Waals surface area contributed by atoms with Gasteiger partial charge in [0.25, 0.3) is 0 Å². The largest absolute Gasteiger partial charge is 0.317 e. The first kappa shape index (κ1) is 15.9.